The summed E-state index contributed by atoms with van der Waals surface area (Å²) in [7, 11) is 1.30. The molecule has 1 aromatic carbocycles. The summed E-state index contributed by atoms with van der Waals surface area (Å²) in [6.07, 6.45) is 1.76. The first kappa shape index (κ1) is 17.8. The molecule has 26 heavy (non-hydrogen) atoms. The van der Waals surface area contributed by atoms with Gasteiger partial charge in [-0.3, -0.25) is 15.3 Å². The second kappa shape index (κ2) is 7.05. The van der Waals surface area contributed by atoms with E-state index in [4.69, 9.17) is 21.8 Å². The van der Waals surface area contributed by atoms with E-state index in [2.05, 4.69) is 9.72 Å². The molecular formula is C18H16ClN2O5+. The van der Waals surface area contributed by atoms with Crippen molar-refractivity contribution in [1.29, 1.82) is 0 Å². The van der Waals surface area contributed by atoms with Crippen LogP contribution in [0.4, 0.5) is 5.82 Å². The number of esters is 1. The lowest BCUT2D eigenvalue weighted by Gasteiger charge is -2.03. The largest absolute Gasteiger partial charge is 0.508 e. The van der Waals surface area contributed by atoms with Crippen molar-refractivity contribution < 1.29 is 28.8 Å². The number of ether oxygens (including phenoxy) is 1. The highest BCUT2D eigenvalue weighted by molar-refractivity contribution is 6.33. The van der Waals surface area contributed by atoms with E-state index < -0.39 is 11.8 Å². The van der Waals surface area contributed by atoms with Crippen LogP contribution in [-0.2, 0) is 16.0 Å². The Morgan fingerprint density at radius 1 is 1.35 bits per heavy atom. The number of benzene rings is 1. The number of phenolic OH excluding ortho intramolecular Hbond substituents is 1. The van der Waals surface area contributed by atoms with E-state index in [0.29, 0.717) is 16.5 Å². The van der Waals surface area contributed by atoms with Crippen molar-refractivity contribution in [3.8, 4) is 5.75 Å². The number of aryl methyl sites for hydroxylation is 1. The molecule has 0 spiro atoms. The zero-order chi connectivity index (χ0) is 18.8. The molecule has 0 saturated carbocycles. The molecule has 0 amide bonds. The van der Waals surface area contributed by atoms with Gasteiger partial charge in [0, 0.05) is 23.4 Å². The molecule has 8 heteroatoms. The van der Waals surface area contributed by atoms with E-state index in [1.54, 1.807) is 6.07 Å². The molecule has 0 unspecified atom stereocenters. The van der Waals surface area contributed by atoms with Gasteiger partial charge in [0.25, 0.3) is 5.82 Å². The van der Waals surface area contributed by atoms with Gasteiger partial charge in [0.15, 0.2) is 5.76 Å². The molecule has 3 rings (SSSR count). The summed E-state index contributed by atoms with van der Waals surface area (Å²) < 4.78 is 10.3. The summed E-state index contributed by atoms with van der Waals surface area (Å²) in [6.45, 7) is 0. The molecule has 7 nitrogen and oxygen atoms in total. The summed E-state index contributed by atoms with van der Waals surface area (Å²) in [5.41, 5.74) is 6.79. The fraction of sp³-hybridized carbons (Fsp3) is 0.167. The van der Waals surface area contributed by atoms with Crippen LogP contribution in [0.3, 0.4) is 0 Å². The minimum atomic E-state index is -0.418. The summed E-state index contributed by atoms with van der Waals surface area (Å²) in [5, 5.41) is 10.5. The molecular weight excluding hydrogens is 360 g/mol. The van der Waals surface area contributed by atoms with Gasteiger partial charge in [0.05, 0.1) is 18.9 Å². The number of halogens is 1. The average molecular weight is 376 g/mol. The second-order valence-electron chi connectivity index (χ2n) is 5.65. The number of anilines is 1. The summed E-state index contributed by atoms with van der Waals surface area (Å²) in [5.74, 6) is -0.500. The maximum Gasteiger partial charge on any atom is 0.305 e. The van der Waals surface area contributed by atoms with Crippen LogP contribution in [-0.4, -0.2) is 24.0 Å². The van der Waals surface area contributed by atoms with Gasteiger partial charge in [-0.1, -0.05) is 11.6 Å². The summed E-state index contributed by atoms with van der Waals surface area (Å²) >= 11 is 5.97. The van der Waals surface area contributed by atoms with Crippen molar-refractivity contribution in [2.75, 3.05) is 12.8 Å². The van der Waals surface area contributed by atoms with E-state index in [1.807, 2.05) is 0 Å². The number of aromatic hydroxyl groups is 1. The van der Waals surface area contributed by atoms with Crippen LogP contribution in [0.15, 0.2) is 34.9 Å². The standard InChI is InChI=1S/C18H15ClN2O5/c1-25-15(23)5-4-12-11-3-2-10(22)7-14(11)26-17(12)16(24)9-6-13(19)18(20)21-8-9/h2-3,6-8,22H,4-5H2,1H3,(H2,20,21)/p+1. The summed E-state index contributed by atoms with van der Waals surface area (Å²) in [4.78, 5) is 27.1. The number of fused-ring (bicyclic) bond motifs is 1. The zero-order valence-corrected chi connectivity index (χ0v) is 14.6. The third-order valence-electron chi connectivity index (χ3n) is 3.97. The quantitative estimate of drug-likeness (QED) is 0.522. The number of hydrogen-bond acceptors (Lipinski definition) is 6. The highest BCUT2D eigenvalue weighted by atomic mass is 35.5. The molecule has 0 saturated heterocycles. The number of nitrogens with one attached hydrogen (secondary N) is 1. The Labute approximate surface area is 153 Å². The SMILES string of the molecule is COC(=O)CCc1c(C(=O)c2c[nH+]c(N)c(Cl)c2)oc2cc(O)ccc12. The van der Waals surface area contributed by atoms with Crippen LogP contribution in [0.1, 0.15) is 28.1 Å². The van der Waals surface area contributed by atoms with Gasteiger partial charge >= 0.3 is 5.97 Å². The van der Waals surface area contributed by atoms with Gasteiger partial charge in [-0.25, -0.2) is 4.98 Å². The highest BCUT2D eigenvalue weighted by Crippen LogP contribution is 2.31. The zero-order valence-electron chi connectivity index (χ0n) is 13.8. The Hall–Kier alpha value is -3.06. The number of phenols is 1. The van der Waals surface area contributed by atoms with Gasteiger partial charge in [0.1, 0.15) is 16.4 Å². The van der Waals surface area contributed by atoms with Crippen molar-refractivity contribution in [2.24, 2.45) is 0 Å². The molecule has 134 valence electrons. The molecule has 0 fully saturated rings. The predicted octanol–water partition coefficient (Wildman–Crippen LogP) is 2.52. The lowest BCUT2D eigenvalue weighted by atomic mass is 10.0. The predicted molar refractivity (Wildman–Crippen MR) is 94.1 cm³/mol. The van der Waals surface area contributed by atoms with Crippen LogP contribution in [0.5, 0.6) is 5.75 Å². The van der Waals surface area contributed by atoms with E-state index in [-0.39, 0.29) is 40.8 Å². The monoisotopic (exact) mass is 375 g/mol. The van der Waals surface area contributed by atoms with Gasteiger partial charge in [-0.2, -0.15) is 0 Å². The topological polar surface area (TPSA) is 117 Å². The number of carbonyl (C=O) groups excluding carboxylic acids is 2. The van der Waals surface area contributed by atoms with Crippen LogP contribution >= 0.6 is 11.6 Å². The molecule has 3 aromatic rings. The minimum Gasteiger partial charge on any atom is -0.508 e. The number of pyridine rings is 1. The molecule has 2 aromatic heterocycles. The fourth-order valence-corrected chi connectivity index (χ4v) is 2.81. The van der Waals surface area contributed by atoms with E-state index in [9.17, 15) is 14.7 Å². The molecule has 0 aliphatic heterocycles. The lowest BCUT2D eigenvalue weighted by molar-refractivity contribution is -0.360. The van der Waals surface area contributed by atoms with Gasteiger partial charge in [0.2, 0.25) is 5.78 Å². The molecule has 0 atom stereocenters. The van der Waals surface area contributed by atoms with Crippen molar-refractivity contribution in [2.45, 2.75) is 12.8 Å². The van der Waals surface area contributed by atoms with E-state index in [0.717, 1.165) is 0 Å². The number of nitrogens with two attached hydrogens (primary N) is 1. The van der Waals surface area contributed by atoms with Gasteiger partial charge < -0.3 is 14.3 Å². The number of methoxy groups -OCH3 is 1. The smallest absolute Gasteiger partial charge is 0.305 e. The average Bonchev–Trinajstić information content (AvgIpc) is 2.98. The van der Waals surface area contributed by atoms with Crippen molar-refractivity contribution in [3.63, 3.8) is 0 Å². The normalized spacial score (nSPS) is 10.8. The minimum absolute atomic E-state index is 0.00799. The first-order valence-electron chi connectivity index (χ1n) is 7.73. The third-order valence-corrected chi connectivity index (χ3v) is 4.29. The number of hydrogen-bond donors (Lipinski definition) is 2. The number of nitrogen functional groups attached to an aromatic ring is 1. The van der Waals surface area contributed by atoms with E-state index >= 15 is 0 Å². The Morgan fingerprint density at radius 3 is 2.81 bits per heavy atom. The van der Waals surface area contributed by atoms with Gasteiger partial charge in [-0.05, 0) is 24.6 Å². The Kier molecular flexibility index (Phi) is 4.81. The molecule has 4 N–H and O–H groups in total. The maximum atomic E-state index is 12.9. The maximum absolute atomic E-state index is 12.9. The van der Waals surface area contributed by atoms with Crippen molar-refractivity contribution in [3.05, 3.63) is 52.4 Å². The first-order valence-corrected chi connectivity index (χ1v) is 8.11. The molecule has 0 radical (unpaired) electrons. The van der Waals surface area contributed by atoms with E-state index in [1.165, 1.54) is 31.5 Å². The van der Waals surface area contributed by atoms with Crippen LogP contribution in [0.2, 0.25) is 5.02 Å². The number of aromatic amines is 1. The molecule has 0 aliphatic carbocycles. The van der Waals surface area contributed by atoms with Crippen molar-refractivity contribution in [1.82, 2.24) is 0 Å². The second-order valence-corrected chi connectivity index (χ2v) is 6.05. The number of aromatic nitrogens is 1. The number of carbonyl (C=O) groups is 2. The first-order chi connectivity index (χ1) is 12.4. The molecule has 2 heterocycles. The van der Waals surface area contributed by atoms with Crippen LogP contribution in [0.25, 0.3) is 11.0 Å². The Morgan fingerprint density at radius 2 is 2.12 bits per heavy atom. The third kappa shape index (κ3) is 3.34. The summed E-state index contributed by atoms with van der Waals surface area (Å²) in [6, 6.07) is 5.97. The number of furan rings is 1. The fourth-order valence-electron chi connectivity index (χ4n) is 2.64. The highest BCUT2D eigenvalue weighted by Gasteiger charge is 2.24. The van der Waals surface area contributed by atoms with Crippen LogP contribution in [0, 0.1) is 0 Å². The van der Waals surface area contributed by atoms with Crippen LogP contribution < -0.4 is 10.7 Å². The van der Waals surface area contributed by atoms with Gasteiger partial charge in [-0.15, -0.1) is 0 Å². The lowest BCUT2D eigenvalue weighted by Crippen LogP contribution is -2.14. The molecule has 0 aliphatic rings. The Bertz CT molecular complexity index is 1010. The number of rotatable bonds is 5. The molecule has 0 bridgehead atoms. The Balaban J connectivity index is 2.09. The number of H-pyrrole nitrogens is 1. The number of ketones is 1. The van der Waals surface area contributed by atoms with Crippen molar-refractivity contribution >= 4 is 40.1 Å².